The van der Waals surface area contributed by atoms with Crippen LogP contribution in [0.2, 0.25) is 0 Å². The molecule has 0 radical (unpaired) electrons. The molecule has 0 heterocycles. The van der Waals surface area contributed by atoms with Crippen LogP contribution >= 0.6 is 0 Å². The lowest BCUT2D eigenvalue weighted by atomic mass is 10.1. The second kappa shape index (κ2) is 5.32. The second-order valence-electron chi connectivity index (χ2n) is 4.32. The SMILES string of the molecule is CCN(CC(C)(C)O)C(C)CC(=O)O. The first-order valence-corrected chi connectivity index (χ1v) is 4.94. The summed E-state index contributed by atoms with van der Waals surface area (Å²) in [6, 6.07) is -0.0380. The topological polar surface area (TPSA) is 60.8 Å². The van der Waals surface area contributed by atoms with E-state index in [2.05, 4.69) is 0 Å². The molecule has 0 aliphatic rings. The molecule has 0 fully saturated rings. The fourth-order valence-electron chi connectivity index (χ4n) is 1.46. The minimum Gasteiger partial charge on any atom is -0.481 e. The molecule has 0 spiro atoms. The lowest BCUT2D eigenvalue weighted by Crippen LogP contribution is -2.44. The van der Waals surface area contributed by atoms with Crippen molar-refractivity contribution in [3.8, 4) is 0 Å². The van der Waals surface area contributed by atoms with Crippen LogP contribution in [0.4, 0.5) is 0 Å². The van der Waals surface area contributed by atoms with Gasteiger partial charge in [-0.05, 0) is 27.3 Å². The van der Waals surface area contributed by atoms with Gasteiger partial charge in [-0.15, -0.1) is 0 Å². The van der Waals surface area contributed by atoms with E-state index < -0.39 is 11.6 Å². The number of nitrogens with zero attached hydrogens (tertiary/aromatic N) is 1. The monoisotopic (exact) mass is 203 g/mol. The summed E-state index contributed by atoms with van der Waals surface area (Å²) < 4.78 is 0. The molecular weight excluding hydrogens is 182 g/mol. The largest absolute Gasteiger partial charge is 0.481 e. The van der Waals surface area contributed by atoms with Crippen LogP contribution in [0, 0.1) is 0 Å². The smallest absolute Gasteiger partial charge is 0.304 e. The van der Waals surface area contributed by atoms with Gasteiger partial charge in [0.2, 0.25) is 0 Å². The van der Waals surface area contributed by atoms with E-state index in [4.69, 9.17) is 5.11 Å². The molecule has 0 saturated carbocycles. The van der Waals surface area contributed by atoms with Gasteiger partial charge in [0, 0.05) is 12.6 Å². The first-order chi connectivity index (χ1) is 6.26. The number of hydrogen-bond acceptors (Lipinski definition) is 3. The number of carboxylic acid groups (broad SMARTS) is 1. The van der Waals surface area contributed by atoms with Crippen LogP contribution in [0.3, 0.4) is 0 Å². The summed E-state index contributed by atoms with van der Waals surface area (Å²) in [7, 11) is 0. The van der Waals surface area contributed by atoms with Gasteiger partial charge in [-0.2, -0.15) is 0 Å². The second-order valence-corrected chi connectivity index (χ2v) is 4.32. The van der Waals surface area contributed by atoms with Crippen LogP contribution in [0.25, 0.3) is 0 Å². The maximum Gasteiger partial charge on any atom is 0.304 e. The predicted octanol–water partition coefficient (Wildman–Crippen LogP) is 0.942. The Morgan fingerprint density at radius 1 is 1.50 bits per heavy atom. The van der Waals surface area contributed by atoms with Gasteiger partial charge in [0.1, 0.15) is 0 Å². The standard InChI is InChI=1S/C10H21NO3/c1-5-11(7-10(3,4)14)8(2)6-9(12)13/h8,14H,5-7H2,1-4H3,(H,12,13). The van der Waals surface area contributed by atoms with E-state index in [1.165, 1.54) is 0 Å². The Morgan fingerprint density at radius 2 is 2.00 bits per heavy atom. The third-order valence-electron chi connectivity index (χ3n) is 2.09. The Labute approximate surface area is 85.5 Å². The highest BCUT2D eigenvalue weighted by molar-refractivity contribution is 5.67. The molecule has 0 rings (SSSR count). The van der Waals surface area contributed by atoms with Gasteiger partial charge in [-0.25, -0.2) is 0 Å². The van der Waals surface area contributed by atoms with Crippen LogP contribution < -0.4 is 0 Å². The lowest BCUT2D eigenvalue weighted by Gasteiger charge is -2.32. The van der Waals surface area contributed by atoms with Crippen molar-refractivity contribution in [1.82, 2.24) is 4.90 Å². The molecule has 0 aliphatic carbocycles. The first-order valence-electron chi connectivity index (χ1n) is 4.94. The summed E-state index contributed by atoms with van der Waals surface area (Å²) in [6.07, 6.45) is 0.115. The third kappa shape index (κ3) is 5.94. The van der Waals surface area contributed by atoms with Gasteiger partial charge >= 0.3 is 5.97 Å². The average Bonchev–Trinajstić information content (AvgIpc) is 1.96. The fraction of sp³-hybridized carbons (Fsp3) is 0.900. The van der Waals surface area contributed by atoms with Gasteiger partial charge in [0.15, 0.2) is 0 Å². The van der Waals surface area contributed by atoms with Crippen LogP contribution in [0.5, 0.6) is 0 Å². The van der Waals surface area contributed by atoms with E-state index in [1.807, 2.05) is 18.7 Å². The zero-order valence-corrected chi connectivity index (χ0v) is 9.45. The predicted molar refractivity (Wildman–Crippen MR) is 55.3 cm³/mol. The average molecular weight is 203 g/mol. The molecule has 0 bridgehead atoms. The van der Waals surface area contributed by atoms with Crippen molar-refractivity contribution < 1.29 is 15.0 Å². The molecule has 1 atom stereocenters. The van der Waals surface area contributed by atoms with E-state index in [0.29, 0.717) is 6.54 Å². The number of hydrogen-bond donors (Lipinski definition) is 2. The molecular formula is C10H21NO3. The van der Waals surface area contributed by atoms with Crippen LogP contribution in [-0.4, -0.2) is 45.8 Å². The van der Waals surface area contributed by atoms with Crippen molar-refractivity contribution in [2.75, 3.05) is 13.1 Å². The van der Waals surface area contributed by atoms with Crippen molar-refractivity contribution in [2.24, 2.45) is 0 Å². The third-order valence-corrected chi connectivity index (χ3v) is 2.09. The zero-order valence-electron chi connectivity index (χ0n) is 9.45. The number of aliphatic carboxylic acids is 1. The molecule has 0 aromatic rings. The maximum atomic E-state index is 10.5. The van der Waals surface area contributed by atoms with Crippen molar-refractivity contribution in [1.29, 1.82) is 0 Å². The highest BCUT2D eigenvalue weighted by Gasteiger charge is 2.22. The van der Waals surface area contributed by atoms with Crippen LogP contribution in [-0.2, 0) is 4.79 Å². The quantitative estimate of drug-likeness (QED) is 0.674. The summed E-state index contributed by atoms with van der Waals surface area (Å²) in [4.78, 5) is 12.5. The lowest BCUT2D eigenvalue weighted by molar-refractivity contribution is -0.138. The van der Waals surface area contributed by atoms with Gasteiger partial charge < -0.3 is 10.2 Å². The molecule has 0 amide bonds. The van der Waals surface area contributed by atoms with Crippen molar-refractivity contribution in [3.05, 3.63) is 0 Å². The number of carboxylic acids is 1. The number of likely N-dealkylation sites (N-methyl/N-ethyl adjacent to an activating group) is 1. The summed E-state index contributed by atoms with van der Waals surface area (Å²) in [5.74, 6) is -0.799. The highest BCUT2D eigenvalue weighted by atomic mass is 16.4. The van der Waals surface area contributed by atoms with Crippen molar-refractivity contribution >= 4 is 5.97 Å². The van der Waals surface area contributed by atoms with Gasteiger partial charge in [-0.3, -0.25) is 9.69 Å². The fourth-order valence-corrected chi connectivity index (χ4v) is 1.46. The molecule has 1 unspecified atom stereocenters. The zero-order chi connectivity index (χ0) is 11.4. The molecule has 0 aromatic carbocycles. The molecule has 0 saturated heterocycles. The molecule has 0 aliphatic heterocycles. The molecule has 4 heteroatoms. The Hall–Kier alpha value is -0.610. The first kappa shape index (κ1) is 13.4. The minimum atomic E-state index is -0.799. The van der Waals surface area contributed by atoms with Crippen LogP contribution in [0.15, 0.2) is 0 Å². The van der Waals surface area contributed by atoms with E-state index in [9.17, 15) is 9.90 Å². The Kier molecular flexibility index (Phi) is 5.08. The normalized spacial score (nSPS) is 14.4. The molecule has 2 N–H and O–H groups in total. The summed E-state index contributed by atoms with van der Waals surface area (Å²) in [5, 5.41) is 18.3. The Morgan fingerprint density at radius 3 is 2.29 bits per heavy atom. The highest BCUT2D eigenvalue weighted by Crippen LogP contribution is 2.10. The van der Waals surface area contributed by atoms with E-state index in [1.54, 1.807) is 13.8 Å². The molecule has 14 heavy (non-hydrogen) atoms. The Balaban J connectivity index is 4.19. The van der Waals surface area contributed by atoms with Crippen molar-refractivity contribution in [2.45, 2.75) is 45.8 Å². The molecule has 4 nitrogen and oxygen atoms in total. The summed E-state index contributed by atoms with van der Waals surface area (Å²) >= 11 is 0. The number of rotatable bonds is 6. The maximum absolute atomic E-state index is 10.5. The van der Waals surface area contributed by atoms with Crippen molar-refractivity contribution in [3.63, 3.8) is 0 Å². The number of carbonyl (C=O) groups is 1. The summed E-state index contributed by atoms with van der Waals surface area (Å²) in [5.41, 5.74) is -0.775. The summed E-state index contributed by atoms with van der Waals surface area (Å²) in [6.45, 7) is 8.52. The van der Waals surface area contributed by atoms with Gasteiger partial charge in [0.05, 0.1) is 12.0 Å². The van der Waals surface area contributed by atoms with E-state index >= 15 is 0 Å². The van der Waals surface area contributed by atoms with Crippen LogP contribution in [0.1, 0.15) is 34.1 Å². The molecule has 0 aromatic heterocycles. The van der Waals surface area contributed by atoms with E-state index in [-0.39, 0.29) is 12.5 Å². The Bertz CT molecular complexity index is 186. The van der Waals surface area contributed by atoms with E-state index in [0.717, 1.165) is 6.54 Å². The van der Waals surface area contributed by atoms with Gasteiger partial charge in [-0.1, -0.05) is 6.92 Å². The molecule has 84 valence electrons. The van der Waals surface area contributed by atoms with Gasteiger partial charge in [0.25, 0.3) is 0 Å². The minimum absolute atomic E-state index is 0.0380. The number of aliphatic hydroxyl groups is 1.